The van der Waals surface area contributed by atoms with E-state index >= 15 is 0 Å². The van der Waals surface area contributed by atoms with Gasteiger partial charge >= 0.3 is 0 Å². The first-order valence-corrected chi connectivity index (χ1v) is 20.7. The highest BCUT2D eigenvalue weighted by atomic mass is 15.2. The molecule has 0 amide bonds. The van der Waals surface area contributed by atoms with Gasteiger partial charge in [0.05, 0.1) is 33.5 Å². The van der Waals surface area contributed by atoms with E-state index in [-0.39, 0.29) is 0 Å². The lowest BCUT2D eigenvalue weighted by Crippen LogP contribution is -2.04. The van der Waals surface area contributed by atoms with E-state index in [4.69, 9.17) is 24.9 Å². The Hall–Kier alpha value is -8.55. The Kier molecular flexibility index (Phi) is 8.35. The lowest BCUT2D eigenvalue weighted by atomic mass is 10.1. The molecule has 0 aliphatic rings. The van der Waals surface area contributed by atoms with Crippen molar-refractivity contribution in [1.29, 1.82) is 0 Å². The Morgan fingerprint density at radius 2 is 0.661 bits per heavy atom. The van der Waals surface area contributed by atoms with E-state index in [0.29, 0.717) is 23.4 Å². The average Bonchev–Trinajstić information content (AvgIpc) is 3.87. The molecule has 4 heterocycles. The van der Waals surface area contributed by atoms with Gasteiger partial charge in [0.2, 0.25) is 5.95 Å². The maximum atomic E-state index is 5.31. The van der Waals surface area contributed by atoms with Gasteiger partial charge in [0, 0.05) is 55.0 Å². The first kappa shape index (κ1) is 35.4. The number of para-hydroxylation sites is 2. The van der Waals surface area contributed by atoms with Gasteiger partial charge in [-0.15, -0.1) is 0 Å². The average molecular weight is 794 g/mol. The summed E-state index contributed by atoms with van der Waals surface area (Å²) in [7, 11) is 0. The van der Waals surface area contributed by atoms with Crippen molar-refractivity contribution in [3.63, 3.8) is 0 Å². The summed E-state index contributed by atoms with van der Waals surface area (Å²) < 4.78 is 4.56. The van der Waals surface area contributed by atoms with Crippen LogP contribution in [-0.4, -0.2) is 34.1 Å². The fourth-order valence-corrected chi connectivity index (χ4v) is 8.69. The maximum absolute atomic E-state index is 5.31. The minimum atomic E-state index is 0.584. The zero-order valence-corrected chi connectivity index (χ0v) is 33.3. The van der Waals surface area contributed by atoms with Crippen molar-refractivity contribution in [2.75, 3.05) is 0 Å². The normalized spacial score (nSPS) is 11.5. The smallest absolute Gasteiger partial charge is 0.235 e. The lowest BCUT2D eigenvalue weighted by molar-refractivity contribution is 0.995. The molecule has 7 heteroatoms. The Balaban J connectivity index is 1.14. The van der Waals surface area contributed by atoms with E-state index in [2.05, 4.69) is 124 Å². The second kappa shape index (κ2) is 14.6. The highest BCUT2D eigenvalue weighted by molar-refractivity contribution is 6.12. The summed E-state index contributed by atoms with van der Waals surface area (Å²) >= 11 is 0. The number of fused-ring (bicyclic) bond motifs is 6. The molecule has 0 atom stereocenters. The highest BCUT2D eigenvalue weighted by Crippen LogP contribution is 2.39. The molecule has 12 aromatic rings. The zero-order valence-electron chi connectivity index (χ0n) is 33.3. The SMILES string of the molecule is c1ccc(-c2cc(-c3ccccc3)nc(-n3c4ccc(-c5nc(-c6ccccc6)nc(-c6ccccc6)n5)cc4c4cc(-n5c6ccccc6c6ccccc65)ccc43)n2)cc1. The van der Waals surface area contributed by atoms with Crippen LogP contribution in [0.3, 0.4) is 0 Å². The number of aromatic nitrogens is 7. The van der Waals surface area contributed by atoms with Crippen molar-refractivity contribution in [2.45, 2.75) is 0 Å². The van der Waals surface area contributed by atoms with Gasteiger partial charge in [-0.25, -0.2) is 24.9 Å². The molecule has 0 fully saturated rings. The zero-order chi connectivity index (χ0) is 41.0. The van der Waals surface area contributed by atoms with Crippen molar-refractivity contribution in [3.8, 4) is 68.3 Å². The van der Waals surface area contributed by atoms with Crippen LogP contribution in [0, 0.1) is 0 Å². The molecule has 0 saturated heterocycles. The summed E-state index contributed by atoms with van der Waals surface area (Å²) in [5.41, 5.74) is 11.7. The minimum absolute atomic E-state index is 0.584. The topological polar surface area (TPSA) is 74.3 Å². The van der Waals surface area contributed by atoms with Gasteiger partial charge < -0.3 is 4.57 Å². The van der Waals surface area contributed by atoms with Gasteiger partial charge in [-0.05, 0) is 54.6 Å². The Morgan fingerprint density at radius 1 is 0.258 bits per heavy atom. The van der Waals surface area contributed by atoms with Crippen molar-refractivity contribution in [1.82, 2.24) is 34.1 Å². The third kappa shape index (κ3) is 6.02. The van der Waals surface area contributed by atoms with Crippen LogP contribution in [-0.2, 0) is 0 Å². The van der Waals surface area contributed by atoms with Crippen LogP contribution < -0.4 is 0 Å². The number of benzene rings is 8. The number of hydrogen-bond donors (Lipinski definition) is 0. The molecule has 0 N–H and O–H groups in total. The van der Waals surface area contributed by atoms with Crippen molar-refractivity contribution < 1.29 is 0 Å². The Labute approximate surface area is 356 Å². The molecule has 7 nitrogen and oxygen atoms in total. The molecule has 0 aliphatic carbocycles. The Morgan fingerprint density at radius 3 is 1.18 bits per heavy atom. The molecule has 12 rings (SSSR count). The van der Waals surface area contributed by atoms with E-state index < -0.39 is 0 Å². The summed E-state index contributed by atoms with van der Waals surface area (Å²) in [6.07, 6.45) is 0. The minimum Gasteiger partial charge on any atom is -0.309 e. The monoisotopic (exact) mass is 793 g/mol. The third-order valence-corrected chi connectivity index (χ3v) is 11.6. The molecule has 0 saturated carbocycles. The summed E-state index contributed by atoms with van der Waals surface area (Å²) in [6.45, 7) is 0. The predicted octanol–water partition coefficient (Wildman–Crippen LogP) is 13.2. The van der Waals surface area contributed by atoms with Crippen LogP contribution in [0.1, 0.15) is 0 Å². The first-order chi connectivity index (χ1) is 30.7. The maximum Gasteiger partial charge on any atom is 0.235 e. The number of rotatable bonds is 7. The standard InChI is InChI=1S/C55H35N7/c1-5-17-36(18-6-1)46-35-47(37-19-7-2-8-20-37)57-55(56-46)62-50-31-29-40(54-59-52(38-21-9-3-10-22-38)58-53(60-54)39-23-11-4-12-24-39)33-44(50)45-34-41(30-32-51(45)62)61-48-27-15-13-25-42(48)43-26-14-16-28-49(43)61/h1-35H. The number of hydrogen-bond acceptors (Lipinski definition) is 5. The molecule has 0 bridgehead atoms. The van der Waals surface area contributed by atoms with E-state index in [9.17, 15) is 0 Å². The molecule has 4 aromatic heterocycles. The van der Waals surface area contributed by atoms with E-state index in [1.54, 1.807) is 0 Å². The molecular formula is C55H35N7. The molecule has 0 unspecified atom stereocenters. The van der Waals surface area contributed by atoms with Crippen molar-refractivity contribution >= 4 is 43.6 Å². The Bertz CT molecular complexity index is 3450. The lowest BCUT2D eigenvalue weighted by Gasteiger charge is -2.12. The quantitative estimate of drug-likeness (QED) is 0.161. The largest absolute Gasteiger partial charge is 0.309 e. The van der Waals surface area contributed by atoms with Crippen LogP contribution in [0.2, 0.25) is 0 Å². The van der Waals surface area contributed by atoms with Gasteiger partial charge in [0.15, 0.2) is 17.5 Å². The first-order valence-electron chi connectivity index (χ1n) is 20.7. The van der Waals surface area contributed by atoms with Crippen LogP contribution in [0.5, 0.6) is 0 Å². The van der Waals surface area contributed by atoms with Crippen LogP contribution in [0.4, 0.5) is 0 Å². The summed E-state index contributed by atoms with van der Waals surface area (Å²) in [6, 6.07) is 73.3. The second-order valence-electron chi connectivity index (χ2n) is 15.3. The fourth-order valence-electron chi connectivity index (χ4n) is 8.69. The molecule has 8 aromatic carbocycles. The molecule has 62 heavy (non-hydrogen) atoms. The predicted molar refractivity (Wildman–Crippen MR) is 251 cm³/mol. The number of nitrogens with zero attached hydrogens (tertiary/aromatic N) is 7. The second-order valence-corrected chi connectivity index (χ2v) is 15.3. The van der Waals surface area contributed by atoms with Crippen molar-refractivity contribution in [2.24, 2.45) is 0 Å². The van der Waals surface area contributed by atoms with Gasteiger partial charge in [-0.3, -0.25) is 4.57 Å². The summed E-state index contributed by atoms with van der Waals surface area (Å²) in [5, 5.41) is 4.51. The van der Waals surface area contributed by atoms with E-state index in [1.807, 2.05) is 97.1 Å². The summed E-state index contributed by atoms with van der Waals surface area (Å²) in [5.74, 6) is 2.41. The molecule has 290 valence electrons. The highest BCUT2D eigenvalue weighted by Gasteiger charge is 2.21. The van der Waals surface area contributed by atoms with Crippen LogP contribution in [0.25, 0.3) is 112 Å². The van der Waals surface area contributed by atoms with E-state index in [1.165, 1.54) is 10.8 Å². The van der Waals surface area contributed by atoms with E-state index in [0.717, 1.165) is 77.7 Å². The van der Waals surface area contributed by atoms with Gasteiger partial charge in [-0.1, -0.05) is 158 Å². The molecule has 0 aliphatic heterocycles. The molecule has 0 spiro atoms. The molecular weight excluding hydrogens is 759 g/mol. The van der Waals surface area contributed by atoms with Crippen LogP contribution >= 0.6 is 0 Å². The van der Waals surface area contributed by atoms with Crippen LogP contribution in [0.15, 0.2) is 212 Å². The van der Waals surface area contributed by atoms with Gasteiger partial charge in [0.1, 0.15) is 0 Å². The molecule has 0 radical (unpaired) electrons. The fraction of sp³-hybridized carbons (Fsp3) is 0. The van der Waals surface area contributed by atoms with Gasteiger partial charge in [-0.2, -0.15) is 0 Å². The summed E-state index contributed by atoms with van der Waals surface area (Å²) in [4.78, 5) is 25.8. The van der Waals surface area contributed by atoms with Gasteiger partial charge in [0.25, 0.3) is 0 Å². The third-order valence-electron chi connectivity index (χ3n) is 11.6. The van der Waals surface area contributed by atoms with Crippen molar-refractivity contribution in [3.05, 3.63) is 212 Å².